The molecule has 1 aromatic heterocycles. The number of ether oxygens (including phenoxy) is 1. The molecule has 3 rings (SSSR count). The van der Waals surface area contributed by atoms with Gasteiger partial charge in [-0.2, -0.15) is 26.7 Å². The molecular formula is C13H15F3N2O4S. The Labute approximate surface area is 131 Å². The molecule has 2 aliphatic rings. The largest absolute Gasteiger partial charge is 0.534 e. The minimum atomic E-state index is -5.77. The highest BCUT2D eigenvalue weighted by molar-refractivity contribution is 7.87. The Morgan fingerprint density at radius 3 is 2.78 bits per heavy atom. The Morgan fingerprint density at radius 1 is 1.35 bits per heavy atom. The van der Waals surface area contributed by atoms with Crippen molar-refractivity contribution in [3.63, 3.8) is 0 Å². The Kier molecular flexibility index (Phi) is 4.13. The number of hydrogen-bond donors (Lipinski definition) is 0. The lowest BCUT2D eigenvalue weighted by Crippen LogP contribution is -2.30. The molecular weight excluding hydrogens is 337 g/mol. The van der Waals surface area contributed by atoms with Crippen molar-refractivity contribution in [2.45, 2.75) is 43.8 Å². The summed E-state index contributed by atoms with van der Waals surface area (Å²) in [6.45, 7) is 0.441. The van der Waals surface area contributed by atoms with Gasteiger partial charge in [0.1, 0.15) is 0 Å². The van der Waals surface area contributed by atoms with Crippen LogP contribution in [0.2, 0.25) is 0 Å². The summed E-state index contributed by atoms with van der Waals surface area (Å²) < 4.78 is 71.7. The van der Waals surface area contributed by atoms with Gasteiger partial charge in [0.05, 0.1) is 11.3 Å². The van der Waals surface area contributed by atoms with Gasteiger partial charge in [0.25, 0.3) is 0 Å². The molecule has 1 atom stereocenters. The predicted molar refractivity (Wildman–Crippen MR) is 74.0 cm³/mol. The van der Waals surface area contributed by atoms with Gasteiger partial charge in [-0.1, -0.05) is 12.2 Å². The van der Waals surface area contributed by atoms with Gasteiger partial charge in [0.2, 0.25) is 5.88 Å². The molecule has 0 N–H and O–H groups in total. The third-order valence-corrected chi connectivity index (χ3v) is 4.65. The Hall–Kier alpha value is -1.55. The summed E-state index contributed by atoms with van der Waals surface area (Å²) in [6, 6.07) is 0. The van der Waals surface area contributed by atoms with Gasteiger partial charge in [-0.15, -0.1) is 0 Å². The van der Waals surface area contributed by atoms with Gasteiger partial charge in [-0.05, 0) is 32.1 Å². The topological polar surface area (TPSA) is 70.4 Å². The number of hydrogen-bond acceptors (Lipinski definition) is 5. The molecule has 0 saturated carbocycles. The van der Waals surface area contributed by atoms with Gasteiger partial charge < -0.3 is 8.92 Å². The molecule has 10 heteroatoms. The smallest absolute Gasteiger partial charge is 0.356 e. The summed E-state index contributed by atoms with van der Waals surface area (Å²) in [4.78, 5) is 0. The zero-order chi connectivity index (χ0) is 16.7. The summed E-state index contributed by atoms with van der Waals surface area (Å²) in [6.07, 6.45) is 6.03. The van der Waals surface area contributed by atoms with E-state index in [4.69, 9.17) is 4.74 Å². The summed E-state index contributed by atoms with van der Waals surface area (Å²) in [5.74, 6) is -0.430. The van der Waals surface area contributed by atoms with Crippen LogP contribution in [-0.2, 0) is 21.3 Å². The molecule has 0 amide bonds. The maximum absolute atomic E-state index is 12.6. The molecule has 0 bridgehead atoms. The molecule has 23 heavy (non-hydrogen) atoms. The van der Waals surface area contributed by atoms with Crippen LogP contribution in [0.3, 0.4) is 0 Å². The lowest BCUT2D eigenvalue weighted by atomic mass is 10.1. The predicted octanol–water partition coefficient (Wildman–Crippen LogP) is 2.77. The Morgan fingerprint density at radius 2 is 2.13 bits per heavy atom. The zero-order valence-electron chi connectivity index (χ0n) is 12.0. The third-order valence-electron chi connectivity index (χ3n) is 3.71. The van der Waals surface area contributed by atoms with Crippen LogP contribution >= 0.6 is 0 Å². The van der Waals surface area contributed by atoms with E-state index < -0.39 is 27.7 Å². The van der Waals surface area contributed by atoms with E-state index in [0.29, 0.717) is 31.6 Å². The molecule has 1 aromatic rings. The van der Waals surface area contributed by atoms with E-state index in [1.165, 1.54) is 6.08 Å². The van der Waals surface area contributed by atoms with Crippen LogP contribution in [-0.4, -0.2) is 30.3 Å². The standard InChI is InChI=1S/C13H15F3N2O4S/c14-13(15,16)23(19,20)22-12-9-5-1-2-6-10(9)17-18(12)11-7-3-4-8-21-11/h1,5,11H,2-4,6-8H2. The van der Waals surface area contributed by atoms with Gasteiger partial charge in [0, 0.05) is 6.61 Å². The Bertz CT molecular complexity index is 718. The summed E-state index contributed by atoms with van der Waals surface area (Å²) >= 11 is 0. The van der Waals surface area contributed by atoms with Crippen LogP contribution in [0.5, 0.6) is 5.88 Å². The lowest BCUT2D eigenvalue weighted by molar-refractivity contribution is -0.0538. The minimum Gasteiger partial charge on any atom is -0.356 e. The summed E-state index contributed by atoms with van der Waals surface area (Å²) in [7, 11) is -5.77. The van der Waals surface area contributed by atoms with Crippen LogP contribution in [0.25, 0.3) is 6.08 Å². The number of aromatic nitrogens is 2. The average Bonchev–Trinajstić information content (AvgIpc) is 2.85. The van der Waals surface area contributed by atoms with E-state index in [2.05, 4.69) is 9.28 Å². The molecule has 128 valence electrons. The molecule has 1 fully saturated rings. The molecule has 1 aliphatic heterocycles. The Balaban J connectivity index is 2.03. The van der Waals surface area contributed by atoms with E-state index in [9.17, 15) is 21.6 Å². The second kappa shape index (κ2) is 5.82. The molecule has 1 aliphatic carbocycles. The molecule has 0 aromatic carbocycles. The third kappa shape index (κ3) is 3.09. The van der Waals surface area contributed by atoms with Crippen LogP contribution in [0, 0.1) is 0 Å². The zero-order valence-corrected chi connectivity index (χ0v) is 12.9. The fourth-order valence-electron chi connectivity index (χ4n) is 2.60. The molecule has 0 spiro atoms. The van der Waals surface area contributed by atoms with E-state index in [1.807, 2.05) is 0 Å². The summed E-state index contributed by atoms with van der Waals surface area (Å²) in [5, 5.41) is 4.22. The van der Waals surface area contributed by atoms with Crippen molar-refractivity contribution in [2.75, 3.05) is 6.61 Å². The van der Waals surface area contributed by atoms with Gasteiger partial charge in [-0.3, -0.25) is 0 Å². The SMILES string of the molecule is O=S(=O)(Oc1c2c(nn1C1CCCCO1)CCC=C2)C(F)(F)F. The van der Waals surface area contributed by atoms with Crippen LogP contribution in [0.4, 0.5) is 13.2 Å². The first kappa shape index (κ1) is 16.3. The van der Waals surface area contributed by atoms with E-state index in [0.717, 1.165) is 17.5 Å². The second-order valence-electron chi connectivity index (χ2n) is 5.36. The first-order valence-electron chi connectivity index (χ1n) is 7.20. The van der Waals surface area contributed by atoms with E-state index in [-0.39, 0.29) is 5.56 Å². The maximum atomic E-state index is 12.6. The van der Waals surface area contributed by atoms with Crippen molar-refractivity contribution in [2.24, 2.45) is 0 Å². The molecule has 2 heterocycles. The van der Waals surface area contributed by atoms with Crippen molar-refractivity contribution in [3.05, 3.63) is 17.3 Å². The highest BCUT2D eigenvalue weighted by Crippen LogP contribution is 2.37. The van der Waals surface area contributed by atoms with E-state index in [1.54, 1.807) is 6.08 Å². The molecule has 0 radical (unpaired) electrons. The molecule has 1 unspecified atom stereocenters. The number of aryl methyl sites for hydroxylation is 1. The number of halogens is 3. The highest BCUT2D eigenvalue weighted by atomic mass is 32.2. The number of allylic oxidation sites excluding steroid dienone is 1. The molecule has 1 saturated heterocycles. The maximum Gasteiger partial charge on any atom is 0.534 e. The van der Waals surface area contributed by atoms with Crippen LogP contribution in [0.1, 0.15) is 43.2 Å². The monoisotopic (exact) mass is 352 g/mol. The summed E-state index contributed by atoms with van der Waals surface area (Å²) in [5.41, 5.74) is -4.73. The number of alkyl halides is 3. The number of fused-ring (bicyclic) bond motifs is 1. The fourth-order valence-corrected chi connectivity index (χ4v) is 3.06. The van der Waals surface area contributed by atoms with Crippen molar-refractivity contribution >= 4 is 16.2 Å². The lowest BCUT2D eigenvalue weighted by Gasteiger charge is -2.24. The highest BCUT2D eigenvalue weighted by Gasteiger charge is 2.49. The first-order valence-corrected chi connectivity index (χ1v) is 8.61. The normalized spacial score (nSPS) is 22.0. The number of rotatable bonds is 3. The average molecular weight is 352 g/mol. The fraction of sp³-hybridized carbons (Fsp3) is 0.615. The van der Waals surface area contributed by atoms with Gasteiger partial charge >= 0.3 is 15.6 Å². The van der Waals surface area contributed by atoms with Gasteiger partial charge in [-0.25, -0.2) is 4.68 Å². The van der Waals surface area contributed by atoms with Crippen molar-refractivity contribution in [1.29, 1.82) is 0 Å². The van der Waals surface area contributed by atoms with E-state index >= 15 is 0 Å². The van der Waals surface area contributed by atoms with Crippen molar-refractivity contribution in [1.82, 2.24) is 9.78 Å². The van der Waals surface area contributed by atoms with Crippen molar-refractivity contribution < 1.29 is 30.5 Å². The molecule has 6 nitrogen and oxygen atoms in total. The first-order chi connectivity index (χ1) is 10.8. The quantitative estimate of drug-likeness (QED) is 0.618. The van der Waals surface area contributed by atoms with Crippen LogP contribution in [0.15, 0.2) is 6.08 Å². The second-order valence-corrected chi connectivity index (χ2v) is 6.89. The minimum absolute atomic E-state index is 0.262. The van der Waals surface area contributed by atoms with Crippen molar-refractivity contribution in [3.8, 4) is 5.88 Å². The van der Waals surface area contributed by atoms with Crippen LogP contribution < -0.4 is 4.18 Å². The number of nitrogens with zero attached hydrogens (tertiary/aromatic N) is 2. The van der Waals surface area contributed by atoms with Gasteiger partial charge in [0.15, 0.2) is 6.23 Å².